The maximum Gasteiger partial charge on any atom is 0.232 e. The van der Waals surface area contributed by atoms with Crippen LogP contribution in [0, 0.1) is 5.82 Å². The second-order valence-corrected chi connectivity index (χ2v) is 7.74. The first-order valence-corrected chi connectivity index (χ1v) is 11.2. The van der Waals surface area contributed by atoms with Gasteiger partial charge in [-0.1, -0.05) is 44.4 Å². The van der Waals surface area contributed by atoms with Crippen molar-refractivity contribution in [1.29, 1.82) is 0 Å². The van der Waals surface area contributed by atoms with E-state index in [1.165, 1.54) is 32.3 Å². The number of benzene rings is 2. The summed E-state index contributed by atoms with van der Waals surface area (Å²) in [5, 5.41) is 4.13. The molecule has 0 fully saturated rings. The molecular formula is C26H28FN3O3. The van der Waals surface area contributed by atoms with E-state index in [0.29, 0.717) is 34.0 Å². The van der Waals surface area contributed by atoms with Gasteiger partial charge in [-0.25, -0.2) is 14.4 Å². The highest BCUT2D eigenvalue weighted by molar-refractivity contribution is 6.06. The number of furan rings is 1. The standard InChI is InChI=1S/C26H28FN3O3/c1-4-5-6-7-15-28-25-23-21(17-11-13-18(31-2)14-12-17)24(33-26(23)30-16-29-25)22-19(27)9-8-10-20(22)32-3/h8-14,16H,4-7,15H2,1-3H3,(H,28,29,30). The second-order valence-electron chi connectivity index (χ2n) is 7.74. The summed E-state index contributed by atoms with van der Waals surface area (Å²) in [5.74, 6) is 1.67. The molecule has 0 spiro atoms. The van der Waals surface area contributed by atoms with Gasteiger partial charge in [0.2, 0.25) is 5.71 Å². The number of halogens is 1. The SMILES string of the molecule is CCCCCCNc1ncnc2oc(-c3c(F)cccc3OC)c(-c3ccc(OC)cc3)c12. The van der Waals surface area contributed by atoms with Gasteiger partial charge < -0.3 is 19.2 Å². The highest BCUT2D eigenvalue weighted by atomic mass is 19.1. The van der Waals surface area contributed by atoms with Gasteiger partial charge in [0.1, 0.15) is 29.5 Å². The molecule has 0 aliphatic carbocycles. The summed E-state index contributed by atoms with van der Waals surface area (Å²) in [5.41, 5.74) is 2.16. The molecule has 2 aromatic carbocycles. The predicted molar refractivity (Wildman–Crippen MR) is 128 cm³/mol. The zero-order valence-corrected chi connectivity index (χ0v) is 19.2. The van der Waals surface area contributed by atoms with Crippen LogP contribution < -0.4 is 14.8 Å². The molecule has 4 rings (SSSR count). The first-order chi connectivity index (χ1) is 16.2. The van der Waals surface area contributed by atoms with Crippen molar-refractivity contribution in [3.8, 4) is 33.9 Å². The van der Waals surface area contributed by atoms with E-state index >= 15 is 4.39 Å². The number of methoxy groups -OCH3 is 2. The van der Waals surface area contributed by atoms with Crippen molar-refractivity contribution in [2.24, 2.45) is 0 Å². The zero-order valence-electron chi connectivity index (χ0n) is 19.2. The average molecular weight is 450 g/mol. The fourth-order valence-corrected chi connectivity index (χ4v) is 3.93. The van der Waals surface area contributed by atoms with E-state index in [1.807, 2.05) is 24.3 Å². The van der Waals surface area contributed by atoms with Crippen LogP contribution in [0.2, 0.25) is 0 Å². The van der Waals surface area contributed by atoms with Crippen molar-refractivity contribution in [2.45, 2.75) is 32.6 Å². The van der Waals surface area contributed by atoms with Crippen molar-refractivity contribution in [2.75, 3.05) is 26.1 Å². The number of hydrogen-bond acceptors (Lipinski definition) is 6. The number of unbranched alkanes of at least 4 members (excludes halogenated alkanes) is 3. The molecule has 33 heavy (non-hydrogen) atoms. The number of rotatable bonds is 10. The molecule has 4 aromatic rings. The largest absolute Gasteiger partial charge is 0.497 e. The molecule has 7 heteroatoms. The van der Waals surface area contributed by atoms with Crippen molar-refractivity contribution >= 4 is 16.9 Å². The molecule has 2 heterocycles. The zero-order chi connectivity index (χ0) is 23.2. The fraction of sp³-hybridized carbons (Fsp3) is 0.308. The molecule has 0 saturated carbocycles. The number of nitrogens with one attached hydrogen (secondary N) is 1. The molecule has 0 bridgehead atoms. The Morgan fingerprint density at radius 2 is 1.76 bits per heavy atom. The first-order valence-electron chi connectivity index (χ1n) is 11.2. The van der Waals surface area contributed by atoms with Crippen LogP contribution >= 0.6 is 0 Å². The highest BCUT2D eigenvalue weighted by Crippen LogP contribution is 2.46. The Kier molecular flexibility index (Phi) is 7.07. The third kappa shape index (κ3) is 4.62. The molecule has 6 nitrogen and oxygen atoms in total. The number of nitrogens with zero attached hydrogens (tertiary/aromatic N) is 2. The Morgan fingerprint density at radius 1 is 0.939 bits per heavy atom. The minimum Gasteiger partial charge on any atom is -0.497 e. The third-order valence-corrected chi connectivity index (χ3v) is 5.61. The maximum atomic E-state index is 15.1. The van der Waals surface area contributed by atoms with Crippen molar-refractivity contribution in [1.82, 2.24) is 9.97 Å². The van der Waals surface area contributed by atoms with Gasteiger partial charge in [0.05, 0.1) is 25.2 Å². The average Bonchev–Trinajstić information content (AvgIpc) is 3.23. The van der Waals surface area contributed by atoms with E-state index in [4.69, 9.17) is 13.9 Å². The molecule has 172 valence electrons. The van der Waals surface area contributed by atoms with Gasteiger partial charge in [-0.15, -0.1) is 0 Å². The van der Waals surface area contributed by atoms with E-state index in [9.17, 15) is 0 Å². The van der Waals surface area contributed by atoms with Crippen LogP contribution in [0.4, 0.5) is 10.2 Å². The van der Waals surface area contributed by atoms with Gasteiger partial charge in [0.25, 0.3) is 0 Å². The lowest BCUT2D eigenvalue weighted by atomic mass is 9.98. The quantitative estimate of drug-likeness (QED) is 0.272. The summed E-state index contributed by atoms with van der Waals surface area (Å²) >= 11 is 0. The number of fused-ring (bicyclic) bond motifs is 1. The first kappa shape index (κ1) is 22.6. The number of aromatic nitrogens is 2. The van der Waals surface area contributed by atoms with Gasteiger partial charge in [0.15, 0.2) is 5.76 Å². The summed E-state index contributed by atoms with van der Waals surface area (Å²) in [6, 6.07) is 12.3. The molecule has 0 aliphatic heterocycles. The topological polar surface area (TPSA) is 69.4 Å². The Balaban J connectivity index is 1.90. The summed E-state index contributed by atoms with van der Waals surface area (Å²) in [6.07, 6.45) is 6.01. The van der Waals surface area contributed by atoms with E-state index in [0.717, 1.165) is 30.7 Å². The molecule has 2 aromatic heterocycles. The Hall–Kier alpha value is -3.61. The van der Waals surface area contributed by atoms with E-state index in [-0.39, 0.29) is 5.56 Å². The van der Waals surface area contributed by atoms with E-state index < -0.39 is 5.82 Å². The number of anilines is 1. The van der Waals surface area contributed by atoms with Gasteiger partial charge in [-0.05, 0) is 36.2 Å². The summed E-state index contributed by atoms with van der Waals surface area (Å²) in [6.45, 7) is 2.96. The summed E-state index contributed by atoms with van der Waals surface area (Å²) < 4.78 is 32.0. The normalized spacial score (nSPS) is 11.0. The van der Waals surface area contributed by atoms with Crippen LogP contribution in [-0.4, -0.2) is 30.7 Å². The monoisotopic (exact) mass is 449 g/mol. The van der Waals surface area contributed by atoms with Crippen LogP contribution in [0.3, 0.4) is 0 Å². The third-order valence-electron chi connectivity index (χ3n) is 5.61. The van der Waals surface area contributed by atoms with E-state index in [1.54, 1.807) is 19.2 Å². The van der Waals surface area contributed by atoms with E-state index in [2.05, 4.69) is 22.2 Å². The molecule has 0 saturated heterocycles. The Morgan fingerprint density at radius 3 is 2.48 bits per heavy atom. The Bertz CT molecular complexity index is 1220. The van der Waals surface area contributed by atoms with Gasteiger partial charge in [0, 0.05) is 12.1 Å². The lowest BCUT2D eigenvalue weighted by Gasteiger charge is -2.11. The lowest BCUT2D eigenvalue weighted by molar-refractivity contribution is 0.411. The Labute approximate surface area is 192 Å². The summed E-state index contributed by atoms with van der Waals surface area (Å²) in [4.78, 5) is 8.83. The molecule has 0 atom stereocenters. The molecule has 0 radical (unpaired) electrons. The summed E-state index contributed by atoms with van der Waals surface area (Å²) in [7, 11) is 3.13. The van der Waals surface area contributed by atoms with Crippen LogP contribution in [0.15, 0.2) is 53.2 Å². The highest BCUT2D eigenvalue weighted by Gasteiger charge is 2.26. The van der Waals surface area contributed by atoms with Crippen LogP contribution in [0.1, 0.15) is 32.6 Å². The van der Waals surface area contributed by atoms with Crippen molar-refractivity contribution < 1.29 is 18.3 Å². The predicted octanol–water partition coefficient (Wildman–Crippen LogP) is 6.71. The molecule has 0 aliphatic rings. The molecule has 1 N–H and O–H groups in total. The van der Waals surface area contributed by atoms with Gasteiger partial charge in [-0.2, -0.15) is 0 Å². The molecular weight excluding hydrogens is 421 g/mol. The fourth-order valence-electron chi connectivity index (χ4n) is 3.93. The van der Waals surface area contributed by atoms with Crippen molar-refractivity contribution in [3.05, 3.63) is 54.6 Å². The minimum absolute atomic E-state index is 0.248. The molecule has 0 amide bonds. The number of hydrogen-bond donors (Lipinski definition) is 1. The van der Waals surface area contributed by atoms with Crippen LogP contribution in [0.5, 0.6) is 11.5 Å². The van der Waals surface area contributed by atoms with Gasteiger partial charge in [-0.3, -0.25) is 0 Å². The molecule has 0 unspecified atom stereocenters. The lowest BCUT2D eigenvalue weighted by Crippen LogP contribution is -2.04. The maximum absolute atomic E-state index is 15.1. The second kappa shape index (κ2) is 10.3. The van der Waals surface area contributed by atoms with Gasteiger partial charge >= 0.3 is 0 Å². The smallest absolute Gasteiger partial charge is 0.232 e. The van der Waals surface area contributed by atoms with Crippen LogP contribution in [0.25, 0.3) is 33.6 Å². The minimum atomic E-state index is -0.440. The van der Waals surface area contributed by atoms with Crippen LogP contribution in [-0.2, 0) is 0 Å². The number of ether oxygens (including phenoxy) is 2. The van der Waals surface area contributed by atoms with Crippen molar-refractivity contribution in [3.63, 3.8) is 0 Å².